The van der Waals surface area contributed by atoms with E-state index in [1.165, 1.54) is 10.6 Å². The maximum Gasteiger partial charge on any atom is 0.333 e. The lowest BCUT2D eigenvalue weighted by Gasteiger charge is -2.17. The number of pyridine rings is 1. The van der Waals surface area contributed by atoms with E-state index >= 15 is 0 Å². The van der Waals surface area contributed by atoms with Crippen LogP contribution >= 0.6 is 11.6 Å². The van der Waals surface area contributed by atoms with Crippen LogP contribution in [0, 0.1) is 12.7 Å². The first kappa shape index (κ1) is 16.4. The van der Waals surface area contributed by atoms with E-state index in [4.69, 9.17) is 11.6 Å². The molecule has 0 saturated heterocycles. The van der Waals surface area contributed by atoms with Gasteiger partial charge in [-0.05, 0) is 36.6 Å². The number of hydrogen-bond donors (Lipinski definition) is 1. The Hall–Kier alpha value is -2.47. The minimum atomic E-state index is -0.716. The molecule has 7 heteroatoms. The van der Waals surface area contributed by atoms with Crippen LogP contribution in [0.3, 0.4) is 0 Å². The Morgan fingerprint density at radius 3 is 2.67 bits per heavy atom. The van der Waals surface area contributed by atoms with Gasteiger partial charge < -0.3 is 0 Å². The molecule has 5 nitrogen and oxygen atoms in total. The van der Waals surface area contributed by atoms with Crippen LogP contribution in [-0.2, 0) is 0 Å². The van der Waals surface area contributed by atoms with Gasteiger partial charge in [0.25, 0.3) is 5.56 Å². The lowest BCUT2D eigenvalue weighted by Crippen LogP contribution is -2.30. The molecule has 1 aromatic carbocycles. The largest absolute Gasteiger partial charge is 0.333 e. The summed E-state index contributed by atoms with van der Waals surface area (Å²) >= 11 is 5.88. The van der Waals surface area contributed by atoms with Crippen LogP contribution in [0.2, 0.25) is 5.02 Å². The van der Waals surface area contributed by atoms with E-state index in [-0.39, 0.29) is 21.8 Å². The molecule has 0 aliphatic rings. The summed E-state index contributed by atoms with van der Waals surface area (Å²) in [5, 5.41) is -0.108. The summed E-state index contributed by atoms with van der Waals surface area (Å²) < 4.78 is 15.1. The van der Waals surface area contributed by atoms with Crippen molar-refractivity contribution in [3.8, 4) is 5.69 Å². The third-order valence-electron chi connectivity index (χ3n) is 3.87. The van der Waals surface area contributed by atoms with Gasteiger partial charge in [-0.3, -0.25) is 19.3 Å². The Kier molecular flexibility index (Phi) is 4.01. The molecule has 0 aliphatic carbocycles. The van der Waals surface area contributed by atoms with E-state index in [2.05, 4.69) is 9.97 Å². The van der Waals surface area contributed by atoms with Crippen LogP contribution in [0.25, 0.3) is 16.6 Å². The number of rotatable bonds is 2. The van der Waals surface area contributed by atoms with Gasteiger partial charge in [0.2, 0.25) is 0 Å². The smallest absolute Gasteiger partial charge is 0.273 e. The molecule has 124 valence electrons. The predicted octanol–water partition coefficient (Wildman–Crippen LogP) is 3.30. The van der Waals surface area contributed by atoms with Crippen molar-refractivity contribution in [3.05, 3.63) is 67.3 Å². The highest BCUT2D eigenvalue weighted by Crippen LogP contribution is 2.27. The summed E-state index contributed by atoms with van der Waals surface area (Å²) in [5.74, 6) is -0.670. The molecule has 2 aromatic heterocycles. The molecule has 3 aromatic rings. The molecule has 0 spiro atoms. The number of nitrogens with zero attached hydrogens (tertiary/aromatic N) is 2. The Morgan fingerprint density at radius 2 is 2.00 bits per heavy atom. The number of nitrogens with one attached hydrogen (secondary N) is 1. The molecule has 0 atom stereocenters. The lowest BCUT2D eigenvalue weighted by atomic mass is 10.0. The molecule has 0 unspecified atom stereocenters. The van der Waals surface area contributed by atoms with Crippen LogP contribution in [0.4, 0.5) is 4.39 Å². The average Bonchev–Trinajstić information content (AvgIpc) is 2.50. The first-order chi connectivity index (χ1) is 11.3. The van der Waals surface area contributed by atoms with Gasteiger partial charge in [-0.25, -0.2) is 9.18 Å². The van der Waals surface area contributed by atoms with E-state index < -0.39 is 17.1 Å². The zero-order chi connectivity index (χ0) is 17.6. The quantitative estimate of drug-likeness (QED) is 0.773. The highest BCUT2D eigenvalue weighted by Gasteiger charge is 2.18. The number of aromatic nitrogens is 3. The molecule has 3 rings (SSSR count). The predicted molar refractivity (Wildman–Crippen MR) is 91.8 cm³/mol. The van der Waals surface area contributed by atoms with Crippen molar-refractivity contribution in [2.24, 2.45) is 0 Å². The van der Waals surface area contributed by atoms with Crippen molar-refractivity contribution >= 4 is 22.5 Å². The number of fused-ring (bicyclic) bond motifs is 1. The number of H-pyrrole nitrogens is 1. The van der Waals surface area contributed by atoms with E-state index in [0.29, 0.717) is 11.4 Å². The molecule has 0 amide bonds. The Bertz CT molecular complexity index is 1070. The van der Waals surface area contributed by atoms with E-state index in [1.54, 1.807) is 12.3 Å². The molecule has 0 bridgehead atoms. The normalized spacial score (nSPS) is 11.4. The second-order valence-electron chi connectivity index (χ2n) is 5.89. The van der Waals surface area contributed by atoms with Gasteiger partial charge >= 0.3 is 5.69 Å². The van der Waals surface area contributed by atoms with Crippen molar-refractivity contribution in [1.29, 1.82) is 0 Å². The molecular formula is C17H15ClFN3O2. The average molecular weight is 348 g/mol. The van der Waals surface area contributed by atoms with Crippen molar-refractivity contribution in [2.75, 3.05) is 0 Å². The van der Waals surface area contributed by atoms with Crippen molar-refractivity contribution in [2.45, 2.75) is 26.7 Å². The highest BCUT2D eigenvalue weighted by atomic mass is 35.5. The maximum absolute atomic E-state index is 13.8. The number of benzene rings is 1. The fraction of sp³-hybridized carbons (Fsp3) is 0.235. The van der Waals surface area contributed by atoms with Crippen LogP contribution in [0.1, 0.15) is 31.0 Å². The summed E-state index contributed by atoms with van der Waals surface area (Å²) in [6.07, 6.45) is 1.67. The molecule has 0 saturated carbocycles. The SMILES string of the molecule is Cc1ccnc(C(C)C)c1-n1c(=O)[nH]c(=O)c2cc(F)c(Cl)cc21. The Labute approximate surface area is 141 Å². The van der Waals surface area contributed by atoms with Crippen LogP contribution in [0.15, 0.2) is 34.0 Å². The fourth-order valence-electron chi connectivity index (χ4n) is 2.74. The molecule has 1 N–H and O–H groups in total. The summed E-state index contributed by atoms with van der Waals surface area (Å²) in [6.45, 7) is 5.76. The van der Waals surface area contributed by atoms with Gasteiger partial charge in [-0.1, -0.05) is 25.4 Å². The molecular weight excluding hydrogens is 333 g/mol. The van der Waals surface area contributed by atoms with Crippen molar-refractivity contribution < 1.29 is 4.39 Å². The van der Waals surface area contributed by atoms with E-state index in [9.17, 15) is 14.0 Å². The summed E-state index contributed by atoms with van der Waals surface area (Å²) in [6, 6.07) is 4.10. The molecule has 2 heterocycles. The van der Waals surface area contributed by atoms with Gasteiger partial charge in [-0.15, -0.1) is 0 Å². The Balaban J connectivity index is 2.56. The first-order valence-corrected chi connectivity index (χ1v) is 7.79. The van der Waals surface area contributed by atoms with Gasteiger partial charge in [0.15, 0.2) is 0 Å². The third-order valence-corrected chi connectivity index (χ3v) is 4.16. The summed E-state index contributed by atoms with van der Waals surface area (Å²) in [7, 11) is 0. The summed E-state index contributed by atoms with van der Waals surface area (Å²) in [5.41, 5.74) is 1.05. The second kappa shape index (κ2) is 5.87. The number of hydrogen-bond acceptors (Lipinski definition) is 3. The standard InChI is InChI=1S/C17H15ClFN3O2/c1-8(2)14-15(9(3)4-5-20-14)22-13-7-11(18)12(19)6-10(13)16(23)21-17(22)24/h4-8H,1-3H3,(H,21,23,24). The minimum Gasteiger partial charge on any atom is -0.273 e. The maximum atomic E-state index is 13.8. The summed E-state index contributed by atoms with van der Waals surface area (Å²) in [4.78, 5) is 31.2. The van der Waals surface area contributed by atoms with Crippen LogP contribution in [0.5, 0.6) is 0 Å². The molecule has 0 radical (unpaired) electrons. The third kappa shape index (κ3) is 2.53. The van der Waals surface area contributed by atoms with Crippen molar-refractivity contribution in [3.63, 3.8) is 0 Å². The van der Waals surface area contributed by atoms with E-state index in [1.807, 2.05) is 20.8 Å². The molecule has 24 heavy (non-hydrogen) atoms. The Morgan fingerprint density at radius 1 is 1.29 bits per heavy atom. The minimum absolute atomic E-state index is 0.0460. The zero-order valence-electron chi connectivity index (χ0n) is 13.4. The van der Waals surface area contributed by atoms with Crippen LogP contribution in [-0.4, -0.2) is 14.5 Å². The van der Waals surface area contributed by atoms with Crippen molar-refractivity contribution in [1.82, 2.24) is 14.5 Å². The monoisotopic (exact) mass is 347 g/mol. The highest BCUT2D eigenvalue weighted by molar-refractivity contribution is 6.31. The first-order valence-electron chi connectivity index (χ1n) is 7.41. The molecule has 0 fully saturated rings. The number of aromatic amines is 1. The topological polar surface area (TPSA) is 67.8 Å². The van der Waals surface area contributed by atoms with Gasteiger partial charge in [0, 0.05) is 6.20 Å². The molecule has 0 aliphatic heterocycles. The van der Waals surface area contributed by atoms with Gasteiger partial charge in [0.05, 0.1) is 27.3 Å². The lowest BCUT2D eigenvalue weighted by molar-refractivity contribution is 0.629. The number of aryl methyl sites for hydroxylation is 1. The number of halogens is 2. The second-order valence-corrected chi connectivity index (χ2v) is 6.30. The van der Waals surface area contributed by atoms with Gasteiger partial charge in [-0.2, -0.15) is 0 Å². The van der Waals surface area contributed by atoms with E-state index in [0.717, 1.165) is 11.6 Å². The van der Waals surface area contributed by atoms with Gasteiger partial charge in [0.1, 0.15) is 5.82 Å². The zero-order valence-corrected chi connectivity index (χ0v) is 14.1. The fourth-order valence-corrected chi connectivity index (χ4v) is 2.90. The van der Waals surface area contributed by atoms with Crippen LogP contribution < -0.4 is 11.2 Å².